The zero-order valence-electron chi connectivity index (χ0n) is 16.1. The van der Waals surface area contributed by atoms with Gasteiger partial charge in [0.2, 0.25) is 5.91 Å². The Morgan fingerprint density at radius 2 is 1.59 bits per heavy atom. The summed E-state index contributed by atoms with van der Waals surface area (Å²) < 4.78 is 41.0. The van der Waals surface area contributed by atoms with Crippen LogP contribution in [0.25, 0.3) is 0 Å². The Labute approximate surface area is 169 Å². The quantitative estimate of drug-likeness (QED) is 0.657. The largest absolute Gasteiger partial charge is 0.324 e. The molecular weight excluding hydrogens is 391 g/mol. The van der Waals surface area contributed by atoms with Crippen molar-refractivity contribution in [2.24, 2.45) is 0 Å². The van der Waals surface area contributed by atoms with Gasteiger partial charge in [0, 0.05) is 5.69 Å². The number of hydrogen-bond donors (Lipinski definition) is 1. The van der Waals surface area contributed by atoms with Crippen LogP contribution < -0.4 is 9.62 Å². The van der Waals surface area contributed by atoms with E-state index in [1.54, 1.807) is 30.3 Å². The molecule has 150 valence electrons. The fourth-order valence-corrected chi connectivity index (χ4v) is 4.45. The number of halogens is 1. The SMILES string of the molecule is Cc1cc(C)cc(N(CC(=O)Nc2cccc(F)c2)S(=O)(=O)c2ccccc2)c1. The minimum atomic E-state index is -3.98. The summed E-state index contributed by atoms with van der Waals surface area (Å²) in [6.45, 7) is 3.27. The summed E-state index contributed by atoms with van der Waals surface area (Å²) in [6, 6.07) is 18.7. The Balaban J connectivity index is 1.98. The molecule has 0 aliphatic rings. The molecule has 0 unspecified atom stereocenters. The van der Waals surface area contributed by atoms with Crippen LogP contribution in [0.15, 0.2) is 77.7 Å². The van der Waals surface area contributed by atoms with E-state index in [-0.39, 0.29) is 10.6 Å². The van der Waals surface area contributed by atoms with Crippen molar-refractivity contribution in [2.45, 2.75) is 18.7 Å². The third-order valence-electron chi connectivity index (χ3n) is 4.22. The Bertz CT molecular complexity index is 1110. The third kappa shape index (κ3) is 5.00. The second-order valence-electron chi connectivity index (χ2n) is 6.73. The molecule has 0 aliphatic carbocycles. The number of hydrogen-bond acceptors (Lipinski definition) is 3. The molecule has 0 atom stereocenters. The van der Waals surface area contributed by atoms with E-state index in [4.69, 9.17) is 0 Å². The van der Waals surface area contributed by atoms with Gasteiger partial charge in [0.05, 0.1) is 10.6 Å². The summed E-state index contributed by atoms with van der Waals surface area (Å²) in [5, 5.41) is 2.55. The first-order chi connectivity index (χ1) is 13.8. The highest BCUT2D eigenvalue weighted by molar-refractivity contribution is 7.92. The number of sulfonamides is 1. The van der Waals surface area contributed by atoms with Crippen LogP contribution in [0.2, 0.25) is 0 Å². The molecule has 0 saturated carbocycles. The van der Waals surface area contributed by atoms with Crippen molar-refractivity contribution in [1.82, 2.24) is 0 Å². The van der Waals surface area contributed by atoms with Gasteiger partial charge in [-0.1, -0.05) is 30.3 Å². The molecule has 3 aromatic carbocycles. The standard InChI is InChI=1S/C22H21FN2O3S/c1-16-11-17(2)13-20(12-16)25(29(27,28)21-9-4-3-5-10-21)15-22(26)24-19-8-6-7-18(23)14-19/h3-14H,15H2,1-2H3,(H,24,26). The van der Waals surface area contributed by atoms with E-state index in [0.717, 1.165) is 15.4 Å². The van der Waals surface area contributed by atoms with Crippen LogP contribution in [0.4, 0.5) is 15.8 Å². The second kappa shape index (κ2) is 8.45. The fourth-order valence-electron chi connectivity index (χ4n) is 3.03. The molecule has 1 amide bonds. The monoisotopic (exact) mass is 412 g/mol. The minimum Gasteiger partial charge on any atom is -0.324 e. The molecule has 5 nitrogen and oxygen atoms in total. The van der Waals surface area contributed by atoms with Gasteiger partial charge in [-0.3, -0.25) is 9.10 Å². The zero-order chi connectivity index (χ0) is 21.0. The van der Waals surface area contributed by atoms with Crippen molar-refractivity contribution >= 4 is 27.3 Å². The number of amides is 1. The lowest BCUT2D eigenvalue weighted by atomic mass is 10.1. The summed E-state index contributed by atoms with van der Waals surface area (Å²) in [4.78, 5) is 12.7. The van der Waals surface area contributed by atoms with E-state index in [1.165, 1.54) is 36.4 Å². The van der Waals surface area contributed by atoms with Crippen molar-refractivity contribution < 1.29 is 17.6 Å². The fraction of sp³-hybridized carbons (Fsp3) is 0.136. The van der Waals surface area contributed by atoms with Crippen LogP contribution in [0.1, 0.15) is 11.1 Å². The van der Waals surface area contributed by atoms with Gasteiger partial charge in [0.25, 0.3) is 10.0 Å². The summed E-state index contributed by atoms with van der Waals surface area (Å²) in [6.07, 6.45) is 0. The van der Waals surface area contributed by atoms with Crippen molar-refractivity contribution in [3.63, 3.8) is 0 Å². The Morgan fingerprint density at radius 3 is 2.21 bits per heavy atom. The molecule has 1 N–H and O–H groups in total. The van der Waals surface area contributed by atoms with Gasteiger partial charge in [-0.25, -0.2) is 12.8 Å². The molecule has 0 aromatic heterocycles. The first-order valence-electron chi connectivity index (χ1n) is 8.97. The number of aryl methyl sites for hydroxylation is 2. The van der Waals surface area contributed by atoms with Crippen LogP contribution in [-0.4, -0.2) is 20.9 Å². The zero-order valence-corrected chi connectivity index (χ0v) is 16.9. The smallest absolute Gasteiger partial charge is 0.264 e. The van der Waals surface area contributed by atoms with Gasteiger partial charge in [0.15, 0.2) is 0 Å². The van der Waals surface area contributed by atoms with E-state index < -0.39 is 28.3 Å². The van der Waals surface area contributed by atoms with Crippen molar-refractivity contribution in [2.75, 3.05) is 16.2 Å². The van der Waals surface area contributed by atoms with E-state index in [2.05, 4.69) is 5.32 Å². The first-order valence-corrected chi connectivity index (χ1v) is 10.4. The van der Waals surface area contributed by atoms with Crippen molar-refractivity contribution in [3.05, 3.63) is 89.7 Å². The molecule has 0 saturated heterocycles. The Morgan fingerprint density at radius 1 is 0.931 bits per heavy atom. The number of carbonyl (C=O) groups excluding carboxylic acids is 1. The summed E-state index contributed by atoms with van der Waals surface area (Å²) in [5.74, 6) is -1.07. The topological polar surface area (TPSA) is 66.5 Å². The molecule has 7 heteroatoms. The predicted octanol–water partition coefficient (Wildman–Crippen LogP) is 4.28. The number of anilines is 2. The average molecular weight is 412 g/mol. The average Bonchev–Trinajstić information content (AvgIpc) is 2.66. The van der Waals surface area contributed by atoms with E-state index in [0.29, 0.717) is 5.69 Å². The van der Waals surface area contributed by atoms with Gasteiger partial charge in [0.1, 0.15) is 12.4 Å². The van der Waals surface area contributed by atoms with E-state index in [9.17, 15) is 17.6 Å². The maximum atomic E-state index is 13.4. The summed E-state index contributed by atoms with van der Waals surface area (Å²) in [5.41, 5.74) is 2.39. The highest BCUT2D eigenvalue weighted by Gasteiger charge is 2.27. The molecule has 3 rings (SSSR count). The number of benzene rings is 3. The van der Waals surface area contributed by atoms with Crippen LogP contribution in [0, 0.1) is 19.7 Å². The predicted molar refractivity (Wildman–Crippen MR) is 112 cm³/mol. The van der Waals surface area contributed by atoms with Crippen LogP contribution in [-0.2, 0) is 14.8 Å². The van der Waals surface area contributed by atoms with Crippen molar-refractivity contribution in [1.29, 1.82) is 0 Å². The third-order valence-corrected chi connectivity index (χ3v) is 6.01. The van der Waals surface area contributed by atoms with Crippen LogP contribution >= 0.6 is 0 Å². The molecule has 0 radical (unpaired) electrons. The molecule has 0 aliphatic heterocycles. The lowest BCUT2D eigenvalue weighted by Crippen LogP contribution is -2.38. The Kier molecular flexibility index (Phi) is 5.98. The van der Waals surface area contributed by atoms with Gasteiger partial charge in [-0.05, 0) is 67.4 Å². The van der Waals surface area contributed by atoms with Gasteiger partial charge in [-0.2, -0.15) is 0 Å². The normalized spacial score (nSPS) is 11.1. The molecule has 0 heterocycles. The summed E-state index contributed by atoms with van der Waals surface area (Å²) >= 11 is 0. The number of nitrogens with zero attached hydrogens (tertiary/aromatic N) is 1. The Hall–Kier alpha value is -3.19. The van der Waals surface area contributed by atoms with Crippen LogP contribution in [0.5, 0.6) is 0 Å². The summed E-state index contributed by atoms with van der Waals surface area (Å²) in [7, 11) is -3.98. The van der Waals surface area contributed by atoms with Gasteiger partial charge >= 0.3 is 0 Å². The maximum absolute atomic E-state index is 13.4. The molecule has 0 fully saturated rings. The highest BCUT2D eigenvalue weighted by atomic mass is 32.2. The van der Waals surface area contributed by atoms with Gasteiger partial charge < -0.3 is 5.32 Å². The number of carbonyl (C=O) groups is 1. The number of rotatable bonds is 6. The highest BCUT2D eigenvalue weighted by Crippen LogP contribution is 2.26. The second-order valence-corrected chi connectivity index (χ2v) is 8.59. The molecule has 3 aromatic rings. The van der Waals surface area contributed by atoms with Crippen LogP contribution in [0.3, 0.4) is 0 Å². The molecule has 0 bridgehead atoms. The van der Waals surface area contributed by atoms with Crippen molar-refractivity contribution in [3.8, 4) is 0 Å². The first kappa shape index (κ1) is 20.5. The van der Waals surface area contributed by atoms with E-state index >= 15 is 0 Å². The minimum absolute atomic E-state index is 0.0812. The van der Waals surface area contributed by atoms with E-state index in [1.807, 2.05) is 19.9 Å². The molecular formula is C22H21FN2O3S. The molecule has 29 heavy (non-hydrogen) atoms. The van der Waals surface area contributed by atoms with Gasteiger partial charge in [-0.15, -0.1) is 0 Å². The maximum Gasteiger partial charge on any atom is 0.264 e. The lowest BCUT2D eigenvalue weighted by Gasteiger charge is -2.25. The lowest BCUT2D eigenvalue weighted by molar-refractivity contribution is -0.114. The number of nitrogens with one attached hydrogen (secondary N) is 1. The molecule has 0 spiro atoms.